The topological polar surface area (TPSA) is 105 Å². The van der Waals surface area contributed by atoms with Crippen molar-refractivity contribution in [2.75, 3.05) is 19.3 Å². The normalized spacial score (nSPS) is 18.5. The third-order valence-electron chi connectivity index (χ3n) is 5.43. The number of hydrogen-bond acceptors (Lipinski definition) is 6. The monoisotopic (exact) mass is 411 g/mol. The molecule has 0 bridgehead atoms. The molecule has 2 aromatic heterocycles. The highest BCUT2D eigenvalue weighted by molar-refractivity contribution is 6.29. The molecule has 8 heteroatoms. The average Bonchev–Trinajstić information content (AvgIpc) is 2.99. The zero-order valence-electron chi connectivity index (χ0n) is 17.7. The van der Waals surface area contributed by atoms with Gasteiger partial charge in [0.25, 0.3) is 5.91 Å². The van der Waals surface area contributed by atoms with Crippen LogP contribution in [0.1, 0.15) is 37.3 Å². The molecule has 1 atom stereocenters. The van der Waals surface area contributed by atoms with Crippen LogP contribution in [-0.4, -0.2) is 57.9 Å². The fourth-order valence-electron chi connectivity index (χ4n) is 3.66. The number of carbonyl (C=O) groups is 1. The predicted octanol–water partition coefficient (Wildman–Crippen LogP) is 1.14. The van der Waals surface area contributed by atoms with Crippen LogP contribution in [0.15, 0.2) is 30.3 Å². The summed E-state index contributed by atoms with van der Waals surface area (Å²) in [6.45, 7) is 4.60. The van der Waals surface area contributed by atoms with Gasteiger partial charge in [0.1, 0.15) is 5.52 Å². The van der Waals surface area contributed by atoms with Crippen LogP contribution in [0.2, 0.25) is 0 Å². The van der Waals surface area contributed by atoms with Crippen molar-refractivity contribution in [3.8, 4) is 23.1 Å². The number of aromatic nitrogens is 3. The molecule has 3 N–H and O–H groups in total. The van der Waals surface area contributed by atoms with E-state index >= 15 is 0 Å². The summed E-state index contributed by atoms with van der Waals surface area (Å²) in [6.07, 6.45) is 0.293. The van der Waals surface area contributed by atoms with Crippen molar-refractivity contribution in [1.29, 1.82) is 0 Å². The Balaban J connectivity index is 1.78. The molecule has 3 heterocycles. The number of nitrogen functional groups attached to an aromatic ring is 1. The molecule has 1 fully saturated rings. The van der Waals surface area contributed by atoms with Crippen LogP contribution in [0, 0.1) is 11.8 Å². The van der Waals surface area contributed by atoms with Crippen molar-refractivity contribution >= 4 is 36.3 Å². The predicted molar refractivity (Wildman–Crippen MR) is 121 cm³/mol. The van der Waals surface area contributed by atoms with E-state index in [2.05, 4.69) is 40.6 Å². The number of nitrogens with two attached hydrogens (primary N) is 1. The van der Waals surface area contributed by atoms with E-state index in [1.54, 1.807) is 7.05 Å². The minimum absolute atomic E-state index is 0.115. The Labute approximate surface area is 182 Å². The Hall–Kier alpha value is -3.44. The molecule has 7 nitrogen and oxygen atoms in total. The number of pyridine rings is 1. The van der Waals surface area contributed by atoms with Gasteiger partial charge in [-0.1, -0.05) is 37.8 Å². The highest BCUT2D eigenvalue weighted by Crippen LogP contribution is 2.30. The van der Waals surface area contributed by atoms with Crippen molar-refractivity contribution in [2.24, 2.45) is 0 Å². The SMILES string of the molecule is [B]c1nc(N)c2nc(-c3cccc(C#C[C@]4(O)CCN(C)C4=O)c3)cc(C(C)C)c2n1. The van der Waals surface area contributed by atoms with Gasteiger partial charge in [-0.15, -0.1) is 0 Å². The number of anilines is 1. The number of likely N-dealkylation sites (N-methyl/N-ethyl adjacent to an activating group) is 1. The molecule has 31 heavy (non-hydrogen) atoms. The molecule has 1 amide bonds. The molecule has 1 aliphatic rings. The number of amides is 1. The first-order chi connectivity index (χ1) is 14.7. The first-order valence-electron chi connectivity index (χ1n) is 10.0. The van der Waals surface area contributed by atoms with Gasteiger partial charge in [-0.05, 0) is 29.7 Å². The second-order valence-corrected chi connectivity index (χ2v) is 8.08. The maximum atomic E-state index is 12.1. The number of hydrogen-bond donors (Lipinski definition) is 2. The van der Waals surface area contributed by atoms with E-state index in [1.165, 1.54) is 4.90 Å². The lowest BCUT2D eigenvalue weighted by atomic mass is 9.97. The molecule has 154 valence electrons. The van der Waals surface area contributed by atoms with Crippen molar-refractivity contribution in [2.45, 2.75) is 31.8 Å². The van der Waals surface area contributed by atoms with Crippen LogP contribution < -0.4 is 11.5 Å². The van der Waals surface area contributed by atoms with Crippen LogP contribution in [0.4, 0.5) is 5.82 Å². The molecule has 2 radical (unpaired) electrons. The van der Waals surface area contributed by atoms with E-state index in [0.29, 0.717) is 35.3 Å². The molecule has 1 saturated heterocycles. The molecular formula is C23H22BN5O2. The quantitative estimate of drug-likeness (QED) is 0.484. The Morgan fingerprint density at radius 1 is 1.23 bits per heavy atom. The van der Waals surface area contributed by atoms with Gasteiger partial charge in [-0.2, -0.15) is 0 Å². The van der Waals surface area contributed by atoms with Gasteiger partial charge in [0, 0.05) is 31.1 Å². The number of aliphatic hydroxyl groups is 1. The third-order valence-corrected chi connectivity index (χ3v) is 5.43. The van der Waals surface area contributed by atoms with Gasteiger partial charge in [0.2, 0.25) is 5.60 Å². The van der Waals surface area contributed by atoms with Crippen LogP contribution in [0.3, 0.4) is 0 Å². The van der Waals surface area contributed by atoms with Crippen LogP contribution in [-0.2, 0) is 4.79 Å². The molecule has 0 saturated carbocycles. The Bertz CT molecular complexity index is 1260. The lowest BCUT2D eigenvalue weighted by Crippen LogP contribution is -2.37. The second-order valence-electron chi connectivity index (χ2n) is 8.08. The minimum Gasteiger partial charge on any atom is -0.382 e. The van der Waals surface area contributed by atoms with Crippen LogP contribution in [0.25, 0.3) is 22.3 Å². The molecular weight excluding hydrogens is 389 g/mol. The zero-order chi connectivity index (χ0) is 22.3. The van der Waals surface area contributed by atoms with Gasteiger partial charge in [-0.25, -0.2) is 15.0 Å². The van der Waals surface area contributed by atoms with E-state index in [9.17, 15) is 9.90 Å². The van der Waals surface area contributed by atoms with E-state index < -0.39 is 5.60 Å². The maximum absolute atomic E-state index is 12.1. The third kappa shape index (κ3) is 3.85. The lowest BCUT2D eigenvalue weighted by Gasteiger charge is -2.14. The van der Waals surface area contributed by atoms with Gasteiger partial charge < -0.3 is 15.7 Å². The molecule has 3 aromatic rings. The number of benzene rings is 1. The van der Waals surface area contributed by atoms with Crippen LogP contribution in [0.5, 0.6) is 0 Å². The fourth-order valence-corrected chi connectivity index (χ4v) is 3.66. The largest absolute Gasteiger partial charge is 0.382 e. The van der Waals surface area contributed by atoms with Crippen molar-refractivity contribution in [3.05, 3.63) is 41.5 Å². The minimum atomic E-state index is -1.64. The first-order valence-corrected chi connectivity index (χ1v) is 10.0. The summed E-state index contributed by atoms with van der Waals surface area (Å²) in [5, 5.41) is 10.5. The zero-order valence-corrected chi connectivity index (χ0v) is 17.7. The highest BCUT2D eigenvalue weighted by atomic mass is 16.3. The summed E-state index contributed by atoms with van der Waals surface area (Å²) < 4.78 is 0. The van der Waals surface area contributed by atoms with E-state index in [0.717, 1.165) is 11.1 Å². The van der Waals surface area contributed by atoms with Gasteiger partial charge in [-0.3, -0.25) is 4.79 Å². The van der Waals surface area contributed by atoms with Crippen LogP contribution >= 0.6 is 0 Å². The number of carbonyl (C=O) groups excluding carboxylic acids is 1. The number of nitrogens with zero attached hydrogens (tertiary/aromatic N) is 4. The average molecular weight is 411 g/mol. The fraction of sp³-hybridized carbons (Fsp3) is 0.304. The Morgan fingerprint density at radius 2 is 2.00 bits per heavy atom. The Morgan fingerprint density at radius 3 is 2.68 bits per heavy atom. The summed E-state index contributed by atoms with van der Waals surface area (Å²) in [5.74, 6) is 5.71. The Kier molecular flexibility index (Phi) is 5.15. The summed E-state index contributed by atoms with van der Waals surface area (Å²) in [5.41, 5.74) is 8.87. The standard InChI is InChI=1S/C23H22BN5O2/c1-13(2)16-12-17(26-19-18(16)27-22(24)28-20(19)25)15-6-4-5-14(11-15)7-8-23(31)9-10-29(3)21(23)30/h4-6,11-13,31H,9-10H2,1-3H3,(H2,25,27,28)/t23-/m0/s1. The first kappa shape index (κ1) is 20.8. The van der Waals surface area contributed by atoms with Gasteiger partial charge >= 0.3 is 0 Å². The van der Waals surface area contributed by atoms with Crippen molar-refractivity contribution in [1.82, 2.24) is 19.9 Å². The van der Waals surface area contributed by atoms with E-state index in [1.807, 2.05) is 30.3 Å². The summed E-state index contributed by atoms with van der Waals surface area (Å²) in [6, 6.07) is 9.43. The molecule has 0 spiro atoms. The molecule has 0 aliphatic carbocycles. The number of likely N-dealkylation sites (tertiary alicyclic amines) is 1. The van der Waals surface area contributed by atoms with E-state index in [4.69, 9.17) is 13.6 Å². The van der Waals surface area contributed by atoms with Gasteiger partial charge in [0.15, 0.2) is 13.7 Å². The van der Waals surface area contributed by atoms with E-state index in [-0.39, 0.29) is 23.4 Å². The lowest BCUT2D eigenvalue weighted by molar-refractivity contribution is -0.137. The maximum Gasteiger partial charge on any atom is 0.267 e. The highest BCUT2D eigenvalue weighted by Gasteiger charge is 2.42. The number of rotatable bonds is 2. The van der Waals surface area contributed by atoms with Crippen molar-refractivity contribution in [3.63, 3.8) is 0 Å². The molecule has 0 unspecified atom stereocenters. The van der Waals surface area contributed by atoms with Gasteiger partial charge in [0.05, 0.1) is 16.9 Å². The molecule has 1 aliphatic heterocycles. The smallest absolute Gasteiger partial charge is 0.267 e. The molecule has 4 rings (SSSR count). The summed E-state index contributed by atoms with van der Waals surface area (Å²) in [4.78, 5) is 26.7. The second kappa shape index (κ2) is 7.67. The summed E-state index contributed by atoms with van der Waals surface area (Å²) >= 11 is 0. The summed E-state index contributed by atoms with van der Waals surface area (Å²) in [7, 11) is 7.44. The molecule has 1 aromatic carbocycles. The van der Waals surface area contributed by atoms with Crippen molar-refractivity contribution < 1.29 is 9.90 Å². The number of fused-ring (bicyclic) bond motifs is 1.